The molecular formula is C24H32N4O3S. The summed E-state index contributed by atoms with van der Waals surface area (Å²) in [6.07, 6.45) is 7.16. The lowest BCUT2D eigenvalue weighted by Gasteiger charge is -2.34. The van der Waals surface area contributed by atoms with Crippen LogP contribution in [-0.2, 0) is 17.6 Å². The summed E-state index contributed by atoms with van der Waals surface area (Å²) in [6, 6.07) is 3.45. The van der Waals surface area contributed by atoms with E-state index in [1.807, 2.05) is 0 Å². The maximum Gasteiger partial charge on any atom is 0.257 e. The van der Waals surface area contributed by atoms with Gasteiger partial charge in [-0.2, -0.15) is 0 Å². The first-order valence-corrected chi connectivity index (χ1v) is 12.3. The van der Waals surface area contributed by atoms with E-state index in [2.05, 4.69) is 34.4 Å². The predicted molar refractivity (Wildman–Crippen MR) is 127 cm³/mol. The molecule has 1 aliphatic heterocycles. The minimum Gasteiger partial charge on any atom is -0.374 e. The van der Waals surface area contributed by atoms with Crippen LogP contribution in [0.15, 0.2) is 24.5 Å². The Morgan fingerprint density at radius 1 is 1.28 bits per heavy atom. The molecule has 0 radical (unpaired) electrons. The number of ether oxygens (including phenoxy) is 1. The maximum absolute atomic E-state index is 13.3. The predicted octanol–water partition coefficient (Wildman–Crippen LogP) is 3.36. The van der Waals surface area contributed by atoms with Gasteiger partial charge in [-0.1, -0.05) is 13.8 Å². The van der Waals surface area contributed by atoms with Crippen LogP contribution < -0.4 is 10.6 Å². The van der Waals surface area contributed by atoms with Gasteiger partial charge in [-0.3, -0.25) is 19.5 Å². The Morgan fingerprint density at radius 2 is 2.12 bits per heavy atom. The highest BCUT2D eigenvalue weighted by molar-refractivity contribution is 7.17. The Hall–Kier alpha value is -2.29. The summed E-state index contributed by atoms with van der Waals surface area (Å²) in [7, 11) is 0. The number of pyridine rings is 1. The van der Waals surface area contributed by atoms with Gasteiger partial charge in [0.1, 0.15) is 5.00 Å². The molecule has 0 bridgehead atoms. The Balaban J connectivity index is 1.46. The van der Waals surface area contributed by atoms with Gasteiger partial charge in [0, 0.05) is 43.4 Å². The van der Waals surface area contributed by atoms with Crippen LogP contribution in [0.1, 0.15) is 57.8 Å². The Labute approximate surface area is 193 Å². The molecule has 4 rings (SSSR count). The summed E-state index contributed by atoms with van der Waals surface area (Å²) < 4.78 is 5.89. The van der Waals surface area contributed by atoms with Crippen molar-refractivity contribution in [3.05, 3.63) is 46.1 Å². The van der Waals surface area contributed by atoms with Gasteiger partial charge in [0.05, 0.1) is 23.8 Å². The van der Waals surface area contributed by atoms with E-state index in [4.69, 9.17) is 4.74 Å². The first kappa shape index (κ1) is 22.9. The number of morpholine rings is 1. The van der Waals surface area contributed by atoms with Crippen LogP contribution in [0.4, 0.5) is 5.00 Å². The first-order valence-electron chi connectivity index (χ1n) is 11.5. The second kappa shape index (κ2) is 10.6. The third-order valence-electron chi connectivity index (χ3n) is 5.89. The van der Waals surface area contributed by atoms with Gasteiger partial charge in [0.25, 0.3) is 11.8 Å². The van der Waals surface area contributed by atoms with Crippen molar-refractivity contribution in [1.82, 2.24) is 15.2 Å². The van der Waals surface area contributed by atoms with Crippen molar-refractivity contribution < 1.29 is 14.3 Å². The van der Waals surface area contributed by atoms with Crippen molar-refractivity contribution in [2.24, 2.45) is 5.92 Å². The fourth-order valence-corrected chi connectivity index (χ4v) is 5.73. The van der Waals surface area contributed by atoms with E-state index in [9.17, 15) is 9.59 Å². The monoisotopic (exact) mass is 456 g/mol. The number of nitrogens with one attached hydrogen (secondary N) is 2. The van der Waals surface area contributed by atoms with Gasteiger partial charge < -0.3 is 15.4 Å². The highest BCUT2D eigenvalue weighted by Crippen LogP contribution is 2.38. The van der Waals surface area contributed by atoms with Crippen LogP contribution in [0, 0.1) is 5.92 Å². The van der Waals surface area contributed by atoms with E-state index in [1.54, 1.807) is 18.3 Å². The molecule has 0 aromatic carbocycles. The number of fused-ring (bicyclic) bond motifs is 1. The number of carbonyl (C=O) groups excluding carboxylic acids is 2. The van der Waals surface area contributed by atoms with Gasteiger partial charge in [-0.15, -0.1) is 11.3 Å². The molecule has 1 saturated heterocycles. The standard InChI is InChI=1S/C24H32N4O3S/c1-16(2)14-28-10-11-31-18(15-28)13-26-23(30)21-19-7-3-4-8-20(19)32-24(21)27-22(29)17-6-5-9-25-12-17/h5-6,9,12,16,18H,3-4,7-8,10-11,13-15H2,1-2H3,(H,26,30)(H,27,29). The Morgan fingerprint density at radius 3 is 2.91 bits per heavy atom. The van der Waals surface area contributed by atoms with Gasteiger partial charge >= 0.3 is 0 Å². The molecule has 2 amide bonds. The van der Waals surface area contributed by atoms with Crippen LogP contribution in [0.25, 0.3) is 0 Å². The number of thiophene rings is 1. The molecular weight excluding hydrogens is 424 g/mol. The molecule has 0 spiro atoms. The molecule has 1 unspecified atom stereocenters. The minimum atomic E-state index is -0.245. The number of anilines is 1. The quantitative estimate of drug-likeness (QED) is 0.668. The van der Waals surface area contributed by atoms with Crippen molar-refractivity contribution in [2.45, 2.75) is 45.6 Å². The molecule has 2 aromatic rings. The van der Waals surface area contributed by atoms with Crippen molar-refractivity contribution in [3.8, 4) is 0 Å². The molecule has 2 N–H and O–H groups in total. The number of aromatic nitrogens is 1. The zero-order valence-corrected chi connectivity index (χ0v) is 19.7. The van der Waals surface area contributed by atoms with E-state index in [0.29, 0.717) is 35.2 Å². The first-order chi connectivity index (χ1) is 15.5. The fraction of sp³-hybridized carbons (Fsp3) is 0.542. The Bertz CT molecular complexity index is 944. The zero-order valence-electron chi connectivity index (χ0n) is 18.9. The van der Waals surface area contributed by atoms with Crippen LogP contribution in [0.3, 0.4) is 0 Å². The molecule has 3 heterocycles. The summed E-state index contributed by atoms with van der Waals surface area (Å²) >= 11 is 1.53. The topological polar surface area (TPSA) is 83.6 Å². The van der Waals surface area contributed by atoms with E-state index < -0.39 is 0 Å². The van der Waals surface area contributed by atoms with Crippen LogP contribution in [0.2, 0.25) is 0 Å². The molecule has 172 valence electrons. The van der Waals surface area contributed by atoms with Crippen molar-refractivity contribution in [1.29, 1.82) is 0 Å². The number of hydrogen-bond donors (Lipinski definition) is 2. The molecule has 2 aliphatic rings. The van der Waals surface area contributed by atoms with E-state index in [1.165, 1.54) is 22.4 Å². The van der Waals surface area contributed by atoms with E-state index >= 15 is 0 Å². The summed E-state index contributed by atoms with van der Waals surface area (Å²) in [5.41, 5.74) is 2.19. The number of nitrogens with zero attached hydrogens (tertiary/aromatic N) is 2. The normalized spacial score (nSPS) is 18.9. The van der Waals surface area contributed by atoms with Gasteiger partial charge in [-0.25, -0.2) is 0 Å². The number of amides is 2. The van der Waals surface area contributed by atoms with Gasteiger partial charge in [0.15, 0.2) is 0 Å². The molecule has 1 atom stereocenters. The highest BCUT2D eigenvalue weighted by Gasteiger charge is 2.28. The highest BCUT2D eigenvalue weighted by atomic mass is 32.1. The number of aryl methyl sites for hydroxylation is 1. The van der Waals surface area contributed by atoms with E-state index in [-0.39, 0.29) is 17.9 Å². The largest absolute Gasteiger partial charge is 0.374 e. The smallest absolute Gasteiger partial charge is 0.257 e. The van der Waals surface area contributed by atoms with Crippen molar-refractivity contribution >= 4 is 28.2 Å². The second-order valence-electron chi connectivity index (χ2n) is 8.97. The number of carbonyl (C=O) groups is 2. The van der Waals surface area contributed by atoms with Crippen LogP contribution in [-0.4, -0.2) is 60.6 Å². The zero-order chi connectivity index (χ0) is 22.5. The molecule has 0 saturated carbocycles. The van der Waals surface area contributed by atoms with Crippen LogP contribution in [0.5, 0.6) is 0 Å². The molecule has 2 aromatic heterocycles. The second-order valence-corrected chi connectivity index (χ2v) is 10.1. The Kier molecular flexibility index (Phi) is 7.55. The summed E-state index contributed by atoms with van der Waals surface area (Å²) in [5.74, 6) is 0.229. The molecule has 8 heteroatoms. The van der Waals surface area contributed by atoms with E-state index in [0.717, 1.165) is 50.9 Å². The molecule has 1 aliphatic carbocycles. The van der Waals surface area contributed by atoms with Crippen LogP contribution >= 0.6 is 11.3 Å². The van der Waals surface area contributed by atoms with Crippen molar-refractivity contribution in [2.75, 3.05) is 38.1 Å². The lowest BCUT2D eigenvalue weighted by atomic mass is 9.95. The fourth-order valence-electron chi connectivity index (χ4n) is 4.45. The summed E-state index contributed by atoms with van der Waals surface area (Å²) in [5, 5.41) is 6.69. The SMILES string of the molecule is CC(C)CN1CCOC(CNC(=O)c2c(NC(=O)c3cccnc3)sc3c2CCCC3)C1. The summed E-state index contributed by atoms with van der Waals surface area (Å²) in [4.78, 5) is 33.6. The molecule has 1 fully saturated rings. The van der Waals surface area contributed by atoms with Crippen molar-refractivity contribution in [3.63, 3.8) is 0 Å². The minimum absolute atomic E-state index is 0.0191. The lowest BCUT2D eigenvalue weighted by molar-refractivity contribution is -0.0295. The molecule has 32 heavy (non-hydrogen) atoms. The lowest BCUT2D eigenvalue weighted by Crippen LogP contribution is -2.48. The third kappa shape index (κ3) is 5.54. The average Bonchev–Trinajstić information content (AvgIpc) is 3.15. The maximum atomic E-state index is 13.3. The van der Waals surface area contributed by atoms with Gasteiger partial charge in [0.2, 0.25) is 0 Å². The average molecular weight is 457 g/mol. The van der Waals surface area contributed by atoms with Gasteiger partial charge in [-0.05, 0) is 49.3 Å². The molecule has 7 nitrogen and oxygen atoms in total. The third-order valence-corrected chi connectivity index (χ3v) is 7.09. The number of hydrogen-bond acceptors (Lipinski definition) is 6. The summed E-state index contributed by atoms with van der Waals surface area (Å²) in [6.45, 7) is 8.38. The number of rotatable bonds is 7.